The van der Waals surface area contributed by atoms with Gasteiger partial charge in [-0.1, -0.05) is 13.8 Å². The predicted octanol–water partition coefficient (Wildman–Crippen LogP) is 2.14. The maximum absolute atomic E-state index is 13.4. The van der Waals surface area contributed by atoms with Crippen LogP contribution in [0.15, 0.2) is 18.2 Å². The molecule has 0 saturated carbocycles. The Labute approximate surface area is 114 Å². The first-order valence-corrected chi connectivity index (χ1v) is 6.97. The van der Waals surface area contributed by atoms with Crippen LogP contribution < -0.4 is 10.2 Å². The molecule has 1 aromatic carbocycles. The average Bonchev–Trinajstić information content (AvgIpc) is 2.85. The second kappa shape index (κ2) is 6.35. The third-order valence-electron chi connectivity index (χ3n) is 3.63. The summed E-state index contributed by atoms with van der Waals surface area (Å²) < 4.78 is 13.4. The van der Waals surface area contributed by atoms with Crippen molar-refractivity contribution in [1.29, 1.82) is 0 Å². The highest BCUT2D eigenvalue weighted by Crippen LogP contribution is 2.27. The van der Waals surface area contributed by atoms with Crippen LogP contribution in [0.2, 0.25) is 0 Å². The summed E-state index contributed by atoms with van der Waals surface area (Å²) in [5, 5.41) is 12.6. The van der Waals surface area contributed by atoms with E-state index in [0.29, 0.717) is 18.5 Å². The third-order valence-corrected chi connectivity index (χ3v) is 3.63. The fourth-order valence-corrected chi connectivity index (χ4v) is 2.52. The van der Waals surface area contributed by atoms with Gasteiger partial charge in [0, 0.05) is 43.9 Å². The van der Waals surface area contributed by atoms with Crippen molar-refractivity contribution in [2.75, 3.05) is 24.6 Å². The summed E-state index contributed by atoms with van der Waals surface area (Å²) >= 11 is 0. The van der Waals surface area contributed by atoms with E-state index in [2.05, 4.69) is 24.1 Å². The molecule has 1 saturated heterocycles. The zero-order chi connectivity index (χ0) is 13.8. The summed E-state index contributed by atoms with van der Waals surface area (Å²) in [5.74, 6) is 0.151. The SMILES string of the molecule is CC(C)NCc1cc(F)ccc1N1CCC(CO)C1. The lowest BCUT2D eigenvalue weighted by Gasteiger charge is -2.23. The van der Waals surface area contributed by atoms with Crippen molar-refractivity contribution in [1.82, 2.24) is 5.32 Å². The fraction of sp³-hybridized carbons (Fsp3) is 0.600. The highest BCUT2D eigenvalue weighted by molar-refractivity contribution is 5.54. The number of aliphatic hydroxyl groups excluding tert-OH is 1. The monoisotopic (exact) mass is 266 g/mol. The maximum Gasteiger partial charge on any atom is 0.123 e. The van der Waals surface area contributed by atoms with Gasteiger partial charge < -0.3 is 15.3 Å². The van der Waals surface area contributed by atoms with Gasteiger partial charge in [0.1, 0.15) is 5.82 Å². The molecule has 106 valence electrons. The first-order valence-electron chi connectivity index (χ1n) is 6.97. The molecule has 0 spiro atoms. The average molecular weight is 266 g/mol. The van der Waals surface area contributed by atoms with Gasteiger partial charge >= 0.3 is 0 Å². The van der Waals surface area contributed by atoms with E-state index in [1.807, 2.05) is 6.07 Å². The van der Waals surface area contributed by atoms with Gasteiger partial charge in [-0.15, -0.1) is 0 Å². The number of benzene rings is 1. The zero-order valence-electron chi connectivity index (χ0n) is 11.7. The summed E-state index contributed by atoms with van der Waals surface area (Å²) in [7, 11) is 0. The Morgan fingerprint density at radius 3 is 2.89 bits per heavy atom. The standard InChI is InChI=1S/C15H23FN2O/c1-11(2)17-8-13-7-14(16)3-4-15(13)18-6-5-12(9-18)10-19/h3-4,7,11-12,17,19H,5-6,8-10H2,1-2H3. The number of halogens is 1. The lowest BCUT2D eigenvalue weighted by Crippen LogP contribution is -2.26. The molecule has 1 unspecified atom stereocenters. The maximum atomic E-state index is 13.4. The Bertz CT molecular complexity index is 423. The quantitative estimate of drug-likeness (QED) is 0.857. The summed E-state index contributed by atoms with van der Waals surface area (Å²) in [6, 6.07) is 5.35. The van der Waals surface area contributed by atoms with Crippen molar-refractivity contribution >= 4 is 5.69 Å². The molecule has 4 heteroatoms. The molecule has 2 N–H and O–H groups in total. The van der Waals surface area contributed by atoms with Crippen LogP contribution in [0.4, 0.5) is 10.1 Å². The van der Waals surface area contributed by atoms with Crippen LogP contribution in [0.25, 0.3) is 0 Å². The minimum Gasteiger partial charge on any atom is -0.396 e. The molecule has 0 radical (unpaired) electrons. The Hall–Kier alpha value is -1.13. The number of hydrogen-bond donors (Lipinski definition) is 2. The van der Waals surface area contributed by atoms with E-state index in [1.54, 1.807) is 6.07 Å². The summed E-state index contributed by atoms with van der Waals surface area (Å²) in [4.78, 5) is 2.25. The highest BCUT2D eigenvalue weighted by atomic mass is 19.1. The first-order chi connectivity index (χ1) is 9.10. The van der Waals surface area contributed by atoms with Crippen molar-refractivity contribution in [3.63, 3.8) is 0 Å². The number of anilines is 1. The second-order valence-corrected chi connectivity index (χ2v) is 5.59. The number of nitrogens with zero attached hydrogens (tertiary/aromatic N) is 1. The van der Waals surface area contributed by atoms with E-state index in [1.165, 1.54) is 6.07 Å². The molecule has 0 bridgehead atoms. The summed E-state index contributed by atoms with van der Waals surface area (Å²) in [5.41, 5.74) is 2.08. The summed E-state index contributed by atoms with van der Waals surface area (Å²) in [6.45, 7) is 6.86. The lowest BCUT2D eigenvalue weighted by molar-refractivity contribution is 0.238. The van der Waals surface area contributed by atoms with Crippen LogP contribution >= 0.6 is 0 Å². The molecular formula is C15H23FN2O. The zero-order valence-corrected chi connectivity index (χ0v) is 11.7. The first kappa shape index (κ1) is 14.3. The highest BCUT2D eigenvalue weighted by Gasteiger charge is 2.23. The van der Waals surface area contributed by atoms with Gasteiger partial charge in [0.2, 0.25) is 0 Å². The predicted molar refractivity (Wildman–Crippen MR) is 75.8 cm³/mol. The Morgan fingerprint density at radius 2 is 2.26 bits per heavy atom. The molecule has 0 aromatic heterocycles. The number of hydrogen-bond acceptors (Lipinski definition) is 3. The van der Waals surface area contributed by atoms with E-state index in [-0.39, 0.29) is 12.4 Å². The van der Waals surface area contributed by atoms with E-state index >= 15 is 0 Å². The molecule has 0 amide bonds. The number of rotatable bonds is 5. The van der Waals surface area contributed by atoms with Gasteiger partial charge in [0.05, 0.1) is 0 Å². The molecule has 1 aliphatic heterocycles. The third kappa shape index (κ3) is 3.67. The molecule has 1 aromatic rings. The molecule has 1 fully saturated rings. The molecule has 19 heavy (non-hydrogen) atoms. The van der Waals surface area contributed by atoms with E-state index in [0.717, 1.165) is 30.8 Å². The van der Waals surface area contributed by atoms with Crippen molar-refractivity contribution < 1.29 is 9.50 Å². The smallest absolute Gasteiger partial charge is 0.123 e. The minimum absolute atomic E-state index is 0.192. The molecular weight excluding hydrogens is 243 g/mol. The van der Waals surface area contributed by atoms with Crippen LogP contribution in [0.1, 0.15) is 25.8 Å². The molecule has 2 rings (SSSR count). The molecule has 0 aliphatic carbocycles. The van der Waals surface area contributed by atoms with Crippen LogP contribution in [-0.4, -0.2) is 30.8 Å². The topological polar surface area (TPSA) is 35.5 Å². The van der Waals surface area contributed by atoms with Gasteiger partial charge in [0.25, 0.3) is 0 Å². The van der Waals surface area contributed by atoms with E-state index < -0.39 is 0 Å². The van der Waals surface area contributed by atoms with Gasteiger partial charge in [0.15, 0.2) is 0 Å². The van der Waals surface area contributed by atoms with Crippen LogP contribution in [0, 0.1) is 11.7 Å². The second-order valence-electron chi connectivity index (χ2n) is 5.59. The van der Waals surface area contributed by atoms with Crippen molar-refractivity contribution in [2.24, 2.45) is 5.92 Å². The molecule has 1 heterocycles. The van der Waals surface area contributed by atoms with E-state index in [4.69, 9.17) is 0 Å². The largest absolute Gasteiger partial charge is 0.396 e. The van der Waals surface area contributed by atoms with Crippen LogP contribution in [0.5, 0.6) is 0 Å². The Kier molecular flexibility index (Phi) is 4.77. The van der Waals surface area contributed by atoms with Crippen molar-refractivity contribution in [3.05, 3.63) is 29.6 Å². The van der Waals surface area contributed by atoms with Crippen LogP contribution in [0.3, 0.4) is 0 Å². The lowest BCUT2D eigenvalue weighted by atomic mass is 10.1. The number of nitrogens with one attached hydrogen (secondary N) is 1. The molecule has 1 atom stereocenters. The van der Waals surface area contributed by atoms with Crippen LogP contribution in [-0.2, 0) is 6.54 Å². The summed E-state index contributed by atoms with van der Waals surface area (Å²) in [6.07, 6.45) is 1.00. The minimum atomic E-state index is -0.192. The van der Waals surface area contributed by atoms with E-state index in [9.17, 15) is 9.50 Å². The Balaban J connectivity index is 2.14. The Morgan fingerprint density at radius 1 is 1.47 bits per heavy atom. The molecule has 3 nitrogen and oxygen atoms in total. The van der Waals surface area contributed by atoms with Gasteiger partial charge in [-0.25, -0.2) is 4.39 Å². The normalized spacial score (nSPS) is 19.4. The van der Waals surface area contributed by atoms with Gasteiger partial charge in [-0.2, -0.15) is 0 Å². The van der Waals surface area contributed by atoms with Crippen molar-refractivity contribution in [3.8, 4) is 0 Å². The van der Waals surface area contributed by atoms with Gasteiger partial charge in [-0.3, -0.25) is 0 Å². The van der Waals surface area contributed by atoms with Crippen molar-refractivity contribution in [2.45, 2.75) is 32.9 Å². The molecule has 1 aliphatic rings. The van der Waals surface area contributed by atoms with Gasteiger partial charge in [-0.05, 0) is 30.2 Å². The number of aliphatic hydroxyl groups is 1. The fourth-order valence-electron chi connectivity index (χ4n) is 2.52.